The monoisotopic (exact) mass is 506 g/mol. The van der Waals surface area contributed by atoms with Crippen molar-refractivity contribution in [2.45, 2.75) is 87.3 Å². The number of aliphatic hydroxyl groups is 1. The first kappa shape index (κ1) is 27.8. The van der Waals surface area contributed by atoms with Crippen molar-refractivity contribution >= 4 is 29.5 Å². The topological polar surface area (TPSA) is 87.1 Å². The number of carbonyl (C=O) groups excluding carboxylic acids is 3. The van der Waals surface area contributed by atoms with Gasteiger partial charge in [0.1, 0.15) is 6.04 Å². The second kappa shape index (κ2) is 11.5. The Kier molecular flexibility index (Phi) is 9.13. The molecule has 1 N–H and O–H groups in total. The highest BCUT2D eigenvalue weighted by Gasteiger charge is 2.77. The lowest BCUT2D eigenvalue weighted by Gasteiger charge is -2.39. The van der Waals surface area contributed by atoms with Crippen LogP contribution in [0, 0.1) is 11.8 Å². The molecule has 2 amide bonds. The van der Waals surface area contributed by atoms with E-state index in [1.54, 1.807) is 28.8 Å². The molecule has 0 aromatic carbocycles. The third kappa shape index (κ3) is 4.93. The number of ether oxygens (including phenoxy) is 1. The summed E-state index contributed by atoms with van der Waals surface area (Å²) in [7, 11) is 0. The zero-order valence-electron chi connectivity index (χ0n) is 21.5. The zero-order valence-corrected chi connectivity index (χ0v) is 22.4. The van der Waals surface area contributed by atoms with Crippen molar-refractivity contribution in [3.8, 4) is 0 Å². The van der Waals surface area contributed by atoms with E-state index in [0.717, 1.165) is 25.7 Å². The molecule has 3 heterocycles. The summed E-state index contributed by atoms with van der Waals surface area (Å²) in [5.41, 5.74) is 0. The van der Waals surface area contributed by atoms with Crippen LogP contribution in [0.1, 0.15) is 65.7 Å². The van der Waals surface area contributed by atoms with Gasteiger partial charge in [-0.3, -0.25) is 14.4 Å². The lowest BCUT2D eigenvalue weighted by Crippen LogP contribution is -2.56. The smallest absolute Gasteiger partial charge is 0.311 e. The van der Waals surface area contributed by atoms with Gasteiger partial charge in [-0.25, -0.2) is 0 Å². The van der Waals surface area contributed by atoms with Crippen molar-refractivity contribution in [2.75, 3.05) is 26.3 Å². The highest BCUT2D eigenvalue weighted by molar-refractivity contribution is 8.02. The van der Waals surface area contributed by atoms with Crippen LogP contribution in [0.4, 0.5) is 0 Å². The highest BCUT2D eigenvalue weighted by atomic mass is 32.2. The number of rotatable bonds is 14. The minimum Gasteiger partial charge on any atom is -0.465 e. The normalized spacial score (nSPS) is 31.8. The Morgan fingerprint density at radius 2 is 2.06 bits per heavy atom. The van der Waals surface area contributed by atoms with Gasteiger partial charge >= 0.3 is 5.97 Å². The molecule has 8 heteroatoms. The Balaban J connectivity index is 2.01. The van der Waals surface area contributed by atoms with Gasteiger partial charge < -0.3 is 19.6 Å². The third-order valence-corrected chi connectivity index (χ3v) is 9.97. The maximum absolute atomic E-state index is 14.3. The first-order chi connectivity index (χ1) is 16.7. The summed E-state index contributed by atoms with van der Waals surface area (Å²) in [6, 6.07) is -0.607. The number of hydrogen-bond acceptors (Lipinski definition) is 6. The van der Waals surface area contributed by atoms with E-state index in [4.69, 9.17) is 4.74 Å². The lowest BCUT2D eigenvalue weighted by molar-refractivity contribution is -0.155. The standard InChI is InChI=1S/C27H42N2O5S/c1-6-9-18-34-25(33)21-20-23(31)29(16-10-11-17-30)22(27(20)14-13-26(21,5)35-27)24(32)28(15-8-3)19(4)12-7-2/h6,8,19-22,30H,1,3,7,9-18H2,2,4-5H3/t19?,20-,21-,22?,26+,27?/m0/s1. The molecule has 0 radical (unpaired) electrons. The molecule has 6 atom stereocenters. The summed E-state index contributed by atoms with van der Waals surface area (Å²) >= 11 is 1.67. The molecule has 196 valence electrons. The van der Waals surface area contributed by atoms with Crippen molar-refractivity contribution in [3.63, 3.8) is 0 Å². The van der Waals surface area contributed by atoms with Gasteiger partial charge in [0.05, 0.1) is 23.2 Å². The number of amides is 2. The van der Waals surface area contributed by atoms with E-state index < -0.39 is 27.4 Å². The van der Waals surface area contributed by atoms with Crippen molar-refractivity contribution in [1.29, 1.82) is 0 Å². The lowest BCUT2D eigenvalue weighted by atomic mass is 9.66. The van der Waals surface area contributed by atoms with Gasteiger partial charge in [-0.2, -0.15) is 0 Å². The predicted octanol–water partition coefficient (Wildman–Crippen LogP) is 3.56. The fourth-order valence-electron chi connectivity index (χ4n) is 6.39. The second-order valence-electron chi connectivity index (χ2n) is 10.4. The molecule has 3 saturated heterocycles. The molecule has 0 saturated carbocycles. The summed E-state index contributed by atoms with van der Waals surface area (Å²) < 4.78 is 4.51. The molecular formula is C27H42N2O5S. The summed E-state index contributed by atoms with van der Waals surface area (Å²) in [5.74, 6) is -1.66. The first-order valence-electron chi connectivity index (χ1n) is 13.0. The maximum atomic E-state index is 14.3. The number of thioether (sulfide) groups is 1. The van der Waals surface area contributed by atoms with E-state index in [0.29, 0.717) is 32.4 Å². The van der Waals surface area contributed by atoms with Crippen molar-refractivity contribution < 1.29 is 24.2 Å². The van der Waals surface area contributed by atoms with Crippen LogP contribution in [-0.2, 0) is 19.1 Å². The van der Waals surface area contributed by atoms with E-state index in [-0.39, 0.29) is 37.0 Å². The van der Waals surface area contributed by atoms with Gasteiger partial charge in [-0.05, 0) is 52.4 Å². The van der Waals surface area contributed by atoms with Crippen molar-refractivity contribution in [3.05, 3.63) is 25.3 Å². The second-order valence-corrected chi connectivity index (χ2v) is 12.2. The van der Waals surface area contributed by atoms with Crippen molar-refractivity contribution in [2.24, 2.45) is 11.8 Å². The number of fused-ring (bicyclic) bond motifs is 1. The molecule has 3 fully saturated rings. The molecule has 0 aliphatic carbocycles. The Bertz CT molecular complexity index is 834. The Morgan fingerprint density at radius 3 is 2.69 bits per heavy atom. The molecule has 3 unspecified atom stereocenters. The van der Waals surface area contributed by atoms with Crippen LogP contribution in [-0.4, -0.2) is 80.6 Å². The van der Waals surface area contributed by atoms with Gasteiger partial charge in [0.2, 0.25) is 11.8 Å². The summed E-state index contributed by atoms with van der Waals surface area (Å²) in [6.07, 6.45) is 8.48. The Labute approximate surface area is 214 Å². The van der Waals surface area contributed by atoms with E-state index in [9.17, 15) is 19.5 Å². The number of carbonyl (C=O) groups is 3. The molecule has 3 rings (SSSR count). The number of hydrogen-bond donors (Lipinski definition) is 1. The van der Waals surface area contributed by atoms with E-state index in [1.165, 1.54) is 0 Å². The molecular weight excluding hydrogens is 464 g/mol. The van der Waals surface area contributed by atoms with Gasteiger partial charge in [0.15, 0.2) is 0 Å². The highest BCUT2D eigenvalue weighted by Crippen LogP contribution is 2.71. The molecule has 35 heavy (non-hydrogen) atoms. The number of likely N-dealkylation sites (tertiary alicyclic amines) is 1. The number of esters is 1. The fourth-order valence-corrected chi connectivity index (χ4v) is 8.73. The minimum atomic E-state index is -0.643. The molecule has 3 aliphatic rings. The van der Waals surface area contributed by atoms with Gasteiger partial charge in [0, 0.05) is 30.5 Å². The van der Waals surface area contributed by atoms with Gasteiger partial charge in [-0.15, -0.1) is 24.9 Å². The average Bonchev–Trinajstić information content (AvgIpc) is 3.38. The van der Waals surface area contributed by atoms with Crippen LogP contribution >= 0.6 is 11.8 Å². The van der Waals surface area contributed by atoms with Gasteiger partial charge in [0.25, 0.3) is 0 Å². The van der Waals surface area contributed by atoms with Crippen molar-refractivity contribution in [1.82, 2.24) is 9.80 Å². The quantitative estimate of drug-likeness (QED) is 0.220. The molecule has 1 spiro atoms. The largest absolute Gasteiger partial charge is 0.465 e. The number of nitrogens with zero attached hydrogens (tertiary/aromatic N) is 2. The zero-order chi connectivity index (χ0) is 25.8. The third-order valence-electron chi connectivity index (χ3n) is 7.99. The molecule has 0 aromatic heterocycles. The SMILES string of the molecule is C=CCCOC(=O)[C@@H]1[C@H]2C(=O)N(CCCCO)C(C(=O)N(CC=C)C(C)CCC)C23CC[C@@]1(C)S3. The molecule has 7 nitrogen and oxygen atoms in total. The molecule has 2 bridgehead atoms. The van der Waals surface area contributed by atoms with Gasteiger partial charge in [-0.1, -0.05) is 25.5 Å². The molecule has 0 aromatic rings. The Morgan fingerprint density at radius 1 is 1.31 bits per heavy atom. The summed E-state index contributed by atoms with van der Waals surface area (Å²) in [4.78, 5) is 45.1. The predicted molar refractivity (Wildman–Crippen MR) is 139 cm³/mol. The first-order valence-corrected chi connectivity index (χ1v) is 13.8. The van der Waals surface area contributed by atoms with E-state index in [1.807, 2.05) is 11.8 Å². The van der Waals surface area contributed by atoms with Crippen LogP contribution in [0.2, 0.25) is 0 Å². The van der Waals surface area contributed by atoms with Crippen LogP contribution in [0.3, 0.4) is 0 Å². The van der Waals surface area contributed by atoms with Crippen LogP contribution in [0.25, 0.3) is 0 Å². The average molecular weight is 507 g/mol. The van der Waals surface area contributed by atoms with E-state index in [2.05, 4.69) is 27.0 Å². The maximum Gasteiger partial charge on any atom is 0.311 e. The molecule has 3 aliphatic heterocycles. The number of unbranched alkanes of at least 4 members (excludes halogenated alkanes) is 1. The summed E-state index contributed by atoms with van der Waals surface area (Å²) in [6.45, 7) is 14.8. The van der Waals surface area contributed by atoms with Crippen LogP contribution in [0.15, 0.2) is 25.3 Å². The fraction of sp³-hybridized carbons (Fsp3) is 0.741. The van der Waals surface area contributed by atoms with E-state index >= 15 is 0 Å². The van der Waals surface area contributed by atoms with Crippen LogP contribution in [0.5, 0.6) is 0 Å². The van der Waals surface area contributed by atoms with Crippen LogP contribution < -0.4 is 0 Å². The Hall–Kier alpha value is -1.80. The summed E-state index contributed by atoms with van der Waals surface area (Å²) in [5, 5.41) is 9.33. The number of aliphatic hydroxyl groups excluding tert-OH is 1. The minimum absolute atomic E-state index is 0.0224.